The Kier molecular flexibility index (Phi) is 5.17. The first-order valence-electron chi connectivity index (χ1n) is 10.7. The molecule has 0 bridgehead atoms. The Morgan fingerprint density at radius 3 is 2.53 bits per heavy atom. The topological polar surface area (TPSA) is 53.3 Å². The summed E-state index contributed by atoms with van der Waals surface area (Å²) in [7, 11) is 0. The minimum Gasteiger partial charge on any atom is -0.506 e. The maximum Gasteiger partial charge on any atom is 0.174 e. The molecule has 0 radical (unpaired) electrons. The van der Waals surface area contributed by atoms with Gasteiger partial charge >= 0.3 is 0 Å². The highest BCUT2D eigenvalue weighted by molar-refractivity contribution is 7.80. The van der Waals surface area contributed by atoms with Gasteiger partial charge in [0.05, 0.1) is 17.4 Å². The van der Waals surface area contributed by atoms with E-state index in [1.54, 1.807) is 6.07 Å². The second-order valence-electron chi connectivity index (χ2n) is 8.12. The van der Waals surface area contributed by atoms with Gasteiger partial charge in [-0.3, -0.25) is 4.98 Å². The summed E-state index contributed by atoms with van der Waals surface area (Å²) in [6, 6.07) is 18.0. The number of aromatic nitrogens is 2. The molecule has 154 valence electrons. The van der Waals surface area contributed by atoms with E-state index in [0.717, 1.165) is 11.4 Å². The predicted molar refractivity (Wildman–Crippen MR) is 123 cm³/mol. The van der Waals surface area contributed by atoms with Gasteiger partial charge in [0.15, 0.2) is 5.11 Å². The van der Waals surface area contributed by atoms with E-state index in [1.165, 1.54) is 37.8 Å². The molecule has 2 N–H and O–H groups in total. The average Bonchev–Trinajstić information content (AvgIpc) is 3.40. The van der Waals surface area contributed by atoms with Crippen LogP contribution in [0.15, 0.2) is 67.0 Å². The minimum atomic E-state index is -0.101. The Balaban J connectivity index is 1.63. The molecule has 6 heteroatoms. The number of aromatic hydroxyl groups is 1. The van der Waals surface area contributed by atoms with Crippen molar-refractivity contribution in [1.29, 1.82) is 0 Å². The number of phenols is 1. The van der Waals surface area contributed by atoms with Crippen LogP contribution in [0.5, 0.6) is 5.75 Å². The molecule has 1 saturated heterocycles. The number of nitrogens with one attached hydrogen (secondary N) is 1. The van der Waals surface area contributed by atoms with Gasteiger partial charge in [-0.2, -0.15) is 0 Å². The number of para-hydroxylation sites is 2. The summed E-state index contributed by atoms with van der Waals surface area (Å²) in [6.45, 7) is 0. The van der Waals surface area contributed by atoms with Crippen LogP contribution in [0.2, 0.25) is 0 Å². The Morgan fingerprint density at radius 1 is 0.967 bits per heavy atom. The predicted octanol–water partition coefficient (Wildman–Crippen LogP) is 5.27. The van der Waals surface area contributed by atoms with Gasteiger partial charge in [0, 0.05) is 24.1 Å². The first-order valence-corrected chi connectivity index (χ1v) is 11.1. The number of thiocarbonyl (C=S) groups is 1. The van der Waals surface area contributed by atoms with E-state index >= 15 is 0 Å². The molecule has 5 rings (SSSR count). The number of benzene rings is 1. The van der Waals surface area contributed by atoms with Crippen LogP contribution in [0.25, 0.3) is 0 Å². The van der Waals surface area contributed by atoms with Crippen LogP contribution < -0.4 is 10.2 Å². The average molecular weight is 419 g/mol. The summed E-state index contributed by atoms with van der Waals surface area (Å²) in [5.41, 5.74) is 2.86. The van der Waals surface area contributed by atoms with Crippen LogP contribution in [0, 0.1) is 0 Å². The maximum absolute atomic E-state index is 10.6. The molecule has 2 fully saturated rings. The van der Waals surface area contributed by atoms with Crippen LogP contribution in [-0.2, 0) is 0 Å². The fourth-order valence-electron chi connectivity index (χ4n) is 4.93. The van der Waals surface area contributed by atoms with E-state index in [2.05, 4.69) is 38.1 Å². The number of rotatable bonds is 4. The lowest BCUT2D eigenvalue weighted by Gasteiger charge is -2.32. The van der Waals surface area contributed by atoms with E-state index in [0.29, 0.717) is 11.2 Å². The largest absolute Gasteiger partial charge is 0.506 e. The third kappa shape index (κ3) is 3.35. The highest BCUT2D eigenvalue weighted by Gasteiger charge is 2.43. The highest BCUT2D eigenvalue weighted by atomic mass is 32.1. The summed E-state index contributed by atoms with van der Waals surface area (Å²) in [6.07, 6.45) is 10.3. The molecule has 1 saturated carbocycles. The molecule has 2 aromatic heterocycles. The quantitative estimate of drug-likeness (QED) is 0.565. The number of hydrogen-bond acceptors (Lipinski definition) is 3. The van der Waals surface area contributed by atoms with Crippen LogP contribution >= 0.6 is 12.2 Å². The number of nitrogens with zero attached hydrogens (tertiary/aromatic N) is 3. The zero-order valence-electron chi connectivity index (χ0n) is 16.8. The molecular weight excluding hydrogens is 392 g/mol. The first-order chi connectivity index (χ1) is 14.7. The van der Waals surface area contributed by atoms with Crippen LogP contribution in [0.3, 0.4) is 0 Å². The summed E-state index contributed by atoms with van der Waals surface area (Å²) in [5, 5.41) is 14.7. The van der Waals surface area contributed by atoms with Gasteiger partial charge in [0.1, 0.15) is 11.8 Å². The van der Waals surface area contributed by atoms with Crippen LogP contribution in [0.1, 0.15) is 61.6 Å². The number of hydrogen-bond donors (Lipinski definition) is 2. The molecule has 1 aliphatic heterocycles. The molecule has 1 aliphatic carbocycles. The third-order valence-electron chi connectivity index (χ3n) is 6.32. The second-order valence-corrected chi connectivity index (χ2v) is 8.50. The van der Waals surface area contributed by atoms with Gasteiger partial charge in [0.25, 0.3) is 0 Å². The van der Waals surface area contributed by atoms with E-state index in [1.807, 2.05) is 42.6 Å². The number of anilines is 1. The Morgan fingerprint density at radius 2 is 1.77 bits per heavy atom. The van der Waals surface area contributed by atoms with Gasteiger partial charge in [0.2, 0.25) is 0 Å². The first kappa shape index (κ1) is 19.1. The van der Waals surface area contributed by atoms with Crippen molar-refractivity contribution < 1.29 is 5.11 Å². The van der Waals surface area contributed by atoms with Crippen molar-refractivity contribution in [3.05, 3.63) is 78.4 Å². The van der Waals surface area contributed by atoms with Gasteiger partial charge in [-0.1, -0.05) is 37.5 Å². The van der Waals surface area contributed by atoms with Gasteiger partial charge < -0.3 is 19.9 Å². The lowest BCUT2D eigenvalue weighted by atomic mass is 9.94. The molecule has 0 unspecified atom stereocenters. The second kappa shape index (κ2) is 8.11. The summed E-state index contributed by atoms with van der Waals surface area (Å²) in [5.74, 6) is 0.226. The van der Waals surface area contributed by atoms with Crippen molar-refractivity contribution in [2.75, 3.05) is 4.90 Å². The molecule has 2 aliphatic rings. The van der Waals surface area contributed by atoms with E-state index in [-0.39, 0.29) is 17.8 Å². The summed E-state index contributed by atoms with van der Waals surface area (Å²) >= 11 is 5.78. The van der Waals surface area contributed by atoms with Crippen molar-refractivity contribution in [2.24, 2.45) is 0 Å². The van der Waals surface area contributed by atoms with Crippen molar-refractivity contribution in [3.8, 4) is 5.75 Å². The lowest BCUT2D eigenvalue weighted by molar-refractivity contribution is 0.339. The van der Waals surface area contributed by atoms with Crippen molar-refractivity contribution in [3.63, 3.8) is 0 Å². The van der Waals surface area contributed by atoms with Crippen molar-refractivity contribution >= 4 is 23.0 Å². The Hall–Kier alpha value is -2.86. The molecule has 3 heterocycles. The normalized spacial score (nSPS) is 22.3. The highest BCUT2D eigenvalue weighted by Crippen LogP contribution is 2.45. The number of pyridine rings is 1. The van der Waals surface area contributed by atoms with Crippen molar-refractivity contribution in [2.45, 2.75) is 50.2 Å². The van der Waals surface area contributed by atoms with Crippen LogP contribution in [-0.4, -0.2) is 19.8 Å². The van der Waals surface area contributed by atoms with E-state index < -0.39 is 0 Å². The van der Waals surface area contributed by atoms with Gasteiger partial charge in [-0.05, 0) is 61.5 Å². The van der Waals surface area contributed by atoms with Crippen LogP contribution in [0.4, 0.5) is 5.69 Å². The monoisotopic (exact) mass is 418 g/mol. The molecule has 3 aromatic rings. The fourth-order valence-corrected chi connectivity index (χ4v) is 5.27. The molecule has 30 heavy (non-hydrogen) atoms. The maximum atomic E-state index is 10.6. The minimum absolute atomic E-state index is 0.0994. The smallest absolute Gasteiger partial charge is 0.174 e. The fraction of sp³-hybridized carbons (Fsp3) is 0.333. The summed E-state index contributed by atoms with van der Waals surface area (Å²) < 4.78 is 2.43. The Bertz CT molecular complexity index is 1030. The Labute approximate surface area is 182 Å². The van der Waals surface area contributed by atoms with E-state index in [4.69, 9.17) is 12.2 Å². The molecule has 1 aromatic carbocycles. The lowest BCUT2D eigenvalue weighted by Crippen LogP contribution is -2.31. The van der Waals surface area contributed by atoms with Gasteiger partial charge in [-0.15, -0.1) is 0 Å². The van der Waals surface area contributed by atoms with Gasteiger partial charge in [-0.25, -0.2) is 0 Å². The number of phenolic OH excluding ortho intramolecular Hbond substituents is 1. The molecular formula is C24H26N4OS. The standard InChI is InChI=1S/C24H26N4OS/c29-21-14-5-4-12-19(21)28-23(22(26-24(28)30)18-11-6-7-15-25-18)20-13-8-16-27(20)17-9-2-1-3-10-17/h4-8,11-17,22-23,29H,1-3,9-10H2,(H,26,30)/t22-,23+/m0/s1. The zero-order chi connectivity index (χ0) is 20.5. The molecule has 5 nitrogen and oxygen atoms in total. The summed E-state index contributed by atoms with van der Waals surface area (Å²) in [4.78, 5) is 6.68. The molecule has 0 amide bonds. The van der Waals surface area contributed by atoms with E-state index in [9.17, 15) is 5.11 Å². The van der Waals surface area contributed by atoms with Crippen molar-refractivity contribution in [1.82, 2.24) is 14.9 Å². The molecule has 2 atom stereocenters. The zero-order valence-corrected chi connectivity index (χ0v) is 17.6. The third-order valence-corrected chi connectivity index (χ3v) is 6.64. The molecule has 0 spiro atoms. The SMILES string of the molecule is Oc1ccccc1N1C(=S)N[C@@H](c2ccccn2)[C@H]1c1cccn1C1CCCCC1.